The number of fused-ring (bicyclic) bond motifs is 7. The summed E-state index contributed by atoms with van der Waals surface area (Å²) >= 11 is 0. The van der Waals surface area contributed by atoms with Crippen LogP contribution in [0, 0.1) is 56.2 Å². The molecule has 0 radical (unpaired) electrons. The fourth-order valence-corrected chi connectivity index (χ4v) is 11.5. The third-order valence-electron chi connectivity index (χ3n) is 13.9. The number of carbonyl (C=O) groups is 3. The van der Waals surface area contributed by atoms with E-state index in [0.717, 1.165) is 51.4 Å². The Bertz CT molecular complexity index is 1180. The molecule has 1 aromatic heterocycles. The van der Waals surface area contributed by atoms with Gasteiger partial charge in [-0.2, -0.15) is 0 Å². The summed E-state index contributed by atoms with van der Waals surface area (Å²) in [5, 5.41) is 0. The number of hydrogen-bond acceptors (Lipinski definition) is 4. The zero-order chi connectivity index (χ0) is 27.5. The van der Waals surface area contributed by atoms with Crippen molar-refractivity contribution in [3.8, 4) is 0 Å². The molecule has 6 rings (SSSR count). The maximum Gasteiger partial charge on any atom is 0.238 e. The Balaban J connectivity index is 1.44. The number of nitrogens with zero attached hydrogens (tertiary/aromatic N) is 2. The minimum Gasteiger partial charge on any atom is -0.299 e. The van der Waals surface area contributed by atoms with E-state index in [2.05, 4.69) is 53.5 Å². The van der Waals surface area contributed by atoms with Crippen LogP contribution in [0.15, 0.2) is 18.7 Å². The highest BCUT2D eigenvalue weighted by atomic mass is 16.2. The Labute approximate surface area is 228 Å². The van der Waals surface area contributed by atoms with Gasteiger partial charge in [0.15, 0.2) is 0 Å². The lowest BCUT2D eigenvalue weighted by atomic mass is 9.31. The molecule has 0 aromatic carbocycles. The quantitative estimate of drug-likeness (QED) is 0.394. The van der Waals surface area contributed by atoms with Crippen molar-refractivity contribution in [2.75, 3.05) is 0 Å². The average molecular weight is 521 g/mol. The van der Waals surface area contributed by atoms with E-state index in [4.69, 9.17) is 0 Å². The number of aromatic nitrogens is 2. The molecule has 5 aliphatic carbocycles. The molecule has 0 bridgehead atoms. The van der Waals surface area contributed by atoms with Crippen molar-refractivity contribution in [1.82, 2.24) is 9.55 Å². The van der Waals surface area contributed by atoms with Crippen LogP contribution in [0.3, 0.4) is 0 Å². The van der Waals surface area contributed by atoms with Crippen molar-refractivity contribution in [3.63, 3.8) is 0 Å². The molecule has 1 aromatic rings. The molecule has 8 atom stereocenters. The molecular weight excluding hydrogens is 472 g/mol. The van der Waals surface area contributed by atoms with Gasteiger partial charge in [0.1, 0.15) is 17.9 Å². The highest BCUT2D eigenvalue weighted by molar-refractivity contribution is 5.90. The van der Waals surface area contributed by atoms with Crippen LogP contribution in [0.1, 0.15) is 117 Å². The largest absolute Gasteiger partial charge is 0.299 e. The second-order valence-electron chi connectivity index (χ2n) is 16.2. The predicted molar refractivity (Wildman–Crippen MR) is 147 cm³/mol. The summed E-state index contributed by atoms with van der Waals surface area (Å²) in [4.78, 5) is 46.0. The summed E-state index contributed by atoms with van der Waals surface area (Å²) in [5.41, 5.74) is -0.790. The molecule has 5 nitrogen and oxygen atoms in total. The average Bonchev–Trinajstić information content (AvgIpc) is 3.37. The molecule has 0 amide bonds. The minimum absolute atomic E-state index is 0.00104. The molecular formula is C33H48N2O3. The first kappa shape index (κ1) is 26.4. The molecule has 0 saturated heterocycles. The van der Waals surface area contributed by atoms with E-state index in [9.17, 15) is 14.4 Å². The fraction of sp³-hybridized carbons (Fsp3) is 0.818. The maximum atomic E-state index is 14.6. The van der Waals surface area contributed by atoms with Gasteiger partial charge in [0.25, 0.3) is 0 Å². The van der Waals surface area contributed by atoms with Crippen molar-refractivity contribution < 1.29 is 14.4 Å². The Hall–Kier alpha value is -1.78. The van der Waals surface area contributed by atoms with Gasteiger partial charge in [-0.15, -0.1) is 0 Å². The molecule has 0 aliphatic heterocycles. The van der Waals surface area contributed by atoms with Gasteiger partial charge in [0.05, 0.1) is 5.41 Å². The smallest absolute Gasteiger partial charge is 0.238 e. The van der Waals surface area contributed by atoms with Crippen LogP contribution < -0.4 is 0 Å². The summed E-state index contributed by atoms with van der Waals surface area (Å²) in [6.45, 7) is 16.3. The lowest BCUT2D eigenvalue weighted by Gasteiger charge is -2.72. The first-order chi connectivity index (χ1) is 17.6. The van der Waals surface area contributed by atoms with Crippen LogP contribution >= 0.6 is 0 Å². The molecule has 5 aliphatic rings. The van der Waals surface area contributed by atoms with Crippen LogP contribution in [-0.2, 0) is 9.59 Å². The first-order valence-electron chi connectivity index (χ1n) is 15.2. The van der Waals surface area contributed by atoms with E-state index in [-0.39, 0.29) is 44.8 Å². The second-order valence-corrected chi connectivity index (χ2v) is 16.2. The normalized spacial score (nSPS) is 47.3. The van der Waals surface area contributed by atoms with Gasteiger partial charge in [0.2, 0.25) is 5.91 Å². The van der Waals surface area contributed by atoms with E-state index >= 15 is 0 Å². The van der Waals surface area contributed by atoms with Gasteiger partial charge in [-0.3, -0.25) is 19.0 Å². The van der Waals surface area contributed by atoms with E-state index in [1.165, 1.54) is 0 Å². The van der Waals surface area contributed by atoms with Crippen molar-refractivity contribution in [1.29, 1.82) is 0 Å². The predicted octanol–water partition coefficient (Wildman–Crippen LogP) is 7.15. The third-order valence-corrected chi connectivity index (χ3v) is 13.9. The number of Topliss-reactive ketones (excluding diaryl/α,β-unsaturated/α-hetero) is 2. The maximum absolute atomic E-state index is 14.6. The summed E-state index contributed by atoms with van der Waals surface area (Å²) < 4.78 is 1.69. The van der Waals surface area contributed by atoms with Gasteiger partial charge >= 0.3 is 0 Å². The van der Waals surface area contributed by atoms with Gasteiger partial charge in [0, 0.05) is 36.6 Å². The number of carbonyl (C=O) groups excluding carboxylic acids is 3. The van der Waals surface area contributed by atoms with Gasteiger partial charge in [-0.05, 0) is 90.8 Å². The number of hydrogen-bond donors (Lipinski definition) is 0. The summed E-state index contributed by atoms with van der Waals surface area (Å²) in [6.07, 6.45) is 14.0. The number of ketones is 2. The molecule has 208 valence electrons. The summed E-state index contributed by atoms with van der Waals surface area (Å²) in [7, 11) is 0. The minimum atomic E-state index is -0.487. The first-order valence-corrected chi connectivity index (χ1v) is 15.2. The van der Waals surface area contributed by atoms with Gasteiger partial charge < -0.3 is 0 Å². The van der Waals surface area contributed by atoms with E-state index < -0.39 is 5.41 Å². The van der Waals surface area contributed by atoms with Crippen molar-refractivity contribution >= 4 is 17.5 Å². The molecule has 5 saturated carbocycles. The van der Waals surface area contributed by atoms with Gasteiger partial charge in [-0.1, -0.05) is 48.5 Å². The third kappa shape index (κ3) is 3.17. The van der Waals surface area contributed by atoms with Crippen LogP contribution in [-0.4, -0.2) is 27.0 Å². The molecule has 38 heavy (non-hydrogen) atoms. The molecule has 1 heterocycles. The van der Waals surface area contributed by atoms with Crippen LogP contribution in [0.4, 0.5) is 0 Å². The summed E-state index contributed by atoms with van der Waals surface area (Å²) in [6, 6.07) is 0. The molecule has 0 unspecified atom stereocenters. The number of imidazole rings is 1. The lowest BCUT2D eigenvalue weighted by Crippen LogP contribution is -2.69. The zero-order valence-corrected chi connectivity index (χ0v) is 24.7. The van der Waals surface area contributed by atoms with E-state index in [1.54, 1.807) is 23.3 Å². The fourth-order valence-electron chi connectivity index (χ4n) is 11.5. The van der Waals surface area contributed by atoms with Crippen molar-refractivity contribution in [3.05, 3.63) is 18.7 Å². The number of rotatable bonds is 1. The van der Waals surface area contributed by atoms with Crippen molar-refractivity contribution in [2.24, 2.45) is 56.2 Å². The van der Waals surface area contributed by atoms with Crippen molar-refractivity contribution in [2.45, 2.75) is 113 Å². The summed E-state index contributed by atoms with van der Waals surface area (Å²) in [5.74, 6) is 1.57. The lowest BCUT2D eigenvalue weighted by molar-refractivity contribution is -0.229. The highest BCUT2D eigenvalue weighted by Gasteiger charge is 2.73. The molecule has 0 spiro atoms. The molecule has 5 heteroatoms. The Morgan fingerprint density at radius 1 is 0.895 bits per heavy atom. The Morgan fingerprint density at radius 2 is 1.61 bits per heavy atom. The molecule has 5 fully saturated rings. The SMILES string of the molecule is CC1(C)CC[C@]2(C(=O)n3ccnc3)CC[C@]3(C)[C@H](C(=O)C[C@@H]4[C@@]5(C)CCC(=O)C(C)(C)[C@@H]5CC[C@]43C)[C@@H]2C1. The van der Waals surface area contributed by atoms with E-state index in [0.29, 0.717) is 36.2 Å². The van der Waals surface area contributed by atoms with Crippen LogP contribution in [0.5, 0.6) is 0 Å². The van der Waals surface area contributed by atoms with Gasteiger partial charge in [-0.25, -0.2) is 4.98 Å². The Kier molecular flexibility index (Phi) is 5.50. The highest BCUT2D eigenvalue weighted by Crippen LogP contribution is 2.76. The molecule has 0 N–H and O–H groups in total. The topological polar surface area (TPSA) is 69.0 Å². The van der Waals surface area contributed by atoms with E-state index in [1.807, 2.05) is 0 Å². The standard InChI is InChI=1S/C33H48N2O3/c1-28(2)12-14-33(27(38)35-17-16-34-20-35)15-13-32(7)26(21(33)19-28)22(36)18-24-30(5)10-9-25(37)29(3,4)23(30)8-11-31(24,32)6/h16-17,20-21,23-24,26H,8-15,18-19H2,1-7H3/t21-,23-,24+,26-,30-,31+,32+,33-/m0/s1. The van der Waals surface area contributed by atoms with Crippen LogP contribution in [0.2, 0.25) is 0 Å². The zero-order valence-electron chi connectivity index (χ0n) is 24.7. The van der Waals surface area contributed by atoms with Crippen LogP contribution in [0.25, 0.3) is 0 Å². The Morgan fingerprint density at radius 3 is 2.29 bits per heavy atom. The monoisotopic (exact) mass is 520 g/mol. The second kappa shape index (κ2) is 7.91.